The summed E-state index contributed by atoms with van der Waals surface area (Å²) >= 11 is 6.25. The average Bonchev–Trinajstić information content (AvgIpc) is 3.05. The number of sulfonamides is 1. The summed E-state index contributed by atoms with van der Waals surface area (Å²) < 4.78 is 35.1. The molecule has 8 nitrogen and oxygen atoms in total. The quantitative estimate of drug-likeness (QED) is 0.163. The third-order valence-electron chi connectivity index (χ3n) is 7.76. The summed E-state index contributed by atoms with van der Waals surface area (Å²) in [5, 5.41) is 3.44. The van der Waals surface area contributed by atoms with Crippen LogP contribution < -0.4 is 14.4 Å². The van der Waals surface area contributed by atoms with E-state index in [0.29, 0.717) is 28.6 Å². The largest absolute Gasteiger partial charge is 0.497 e. The first-order valence-corrected chi connectivity index (χ1v) is 17.3. The first-order chi connectivity index (χ1) is 22.4. The third-order valence-corrected chi connectivity index (χ3v) is 9.77. The van der Waals surface area contributed by atoms with Crippen molar-refractivity contribution in [1.82, 2.24) is 10.2 Å². The molecule has 0 spiro atoms. The van der Waals surface area contributed by atoms with Crippen molar-refractivity contribution in [3.63, 3.8) is 0 Å². The van der Waals surface area contributed by atoms with Gasteiger partial charge in [-0.25, -0.2) is 8.42 Å². The number of nitrogens with zero attached hydrogens (tertiary/aromatic N) is 2. The molecule has 0 aromatic heterocycles. The number of carbonyl (C=O) groups is 2. The van der Waals surface area contributed by atoms with Crippen molar-refractivity contribution in [2.24, 2.45) is 5.92 Å². The summed E-state index contributed by atoms with van der Waals surface area (Å²) in [6, 6.07) is 27.1. The minimum atomic E-state index is -4.22. The molecule has 47 heavy (non-hydrogen) atoms. The van der Waals surface area contributed by atoms with Crippen LogP contribution in [0.2, 0.25) is 5.02 Å². The molecule has 0 unspecified atom stereocenters. The minimum absolute atomic E-state index is 0.0418. The number of methoxy groups -OCH3 is 1. The minimum Gasteiger partial charge on any atom is -0.497 e. The standard InChI is InChI=1S/C37H42ClN3O5S/c1-26(2)23-39-37(43)35(22-29-10-7-6-8-11-29)40(24-30-12-9-13-32(21-30)46-5)36(42)25-41(34-19-16-31(38)20-28(34)4)47(44,45)33-17-14-27(3)15-18-33/h6-21,26,35H,22-25H2,1-5H3,(H,39,43)/t35-/m0/s1. The third kappa shape index (κ3) is 9.36. The molecular weight excluding hydrogens is 634 g/mol. The number of rotatable bonds is 14. The van der Waals surface area contributed by atoms with Crippen LogP contribution >= 0.6 is 11.6 Å². The van der Waals surface area contributed by atoms with Crippen LogP contribution in [0.5, 0.6) is 5.75 Å². The summed E-state index contributed by atoms with van der Waals surface area (Å²) in [5.74, 6) is -0.0890. The lowest BCUT2D eigenvalue weighted by atomic mass is 10.0. The molecule has 0 bridgehead atoms. The van der Waals surface area contributed by atoms with Gasteiger partial charge in [0.2, 0.25) is 11.8 Å². The fourth-order valence-electron chi connectivity index (χ4n) is 5.19. The van der Waals surface area contributed by atoms with Crippen molar-refractivity contribution in [2.45, 2.75) is 51.6 Å². The molecule has 0 saturated heterocycles. The maximum absolute atomic E-state index is 14.7. The van der Waals surface area contributed by atoms with Gasteiger partial charge < -0.3 is 15.0 Å². The molecule has 0 aliphatic carbocycles. The van der Waals surface area contributed by atoms with Crippen LogP contribution in [-0.2, 0) is 32.6 Å². The Kier molecular flexibility index (Phi) is 12.1. The first-order valence-electron chi connectivity index (χ1n) is 15.5. The molecule has 4 aromatic rings. The SMILES string of the molecule is COc1cccc(CN(C(=O)CN(c2ccc(Cl)cc2C)S(=O)(=O)c2ccc(C)cc2)[C@@H](Cc2ccccc2)C(=O)NCC(C)C)c1. The van der Waals surface area contributed by atoms with Crippen LogP contribution in [0.1, 0.15) is 36.1 Å². The second kappa shape index (κ2) is 16.0. The fourth-order valence-corrected chi connectivity index (χ4v) is 6.90. The van der Waals surface area contributed by atoms with Crippen LogP contribution in [0.4, 0.5) is 5.69 Å². The number of carbonyl (C=O) groups excluding carboxylic acids is 2. The molecule has 4 aromatic carbocycles. The van der Waals surface area contributed by atoms with Gasteiger partial charge in [-0.3, -0.25) is 13.9 Å². The van der Waals surface area contributed by atoms with Gasteiger partial charge in [-0.15, -0.1) is 0 Å². The number of aryl methyl sites for hydroxylation is 2. The highest BCUT2D eigenvalue weighted by atomic mass is 35.5. The van der Waals surface area contributed by atoms with Crippen LogP contribution in [0.3, 0.4) is 0 Å². The predicted molar refractivity (Wildman–Crippen MR) is 187 cm³/mol. The van der Waals surface area contributed by atoms with Crippen molar-refractivity contribution >= 4 is 39.1 Å². The van der Waals surface area contributed by atoms with Crippen molar-refractivity contribution in [2.75, 3.05) is 24.5 Å². The number of benzene rings is 4. The van der Waals surface area contributed by atoms with Crippen LogP contribution in [-0.4, -0.2) is 51.4 Å². The van der Waals surface area contributed by atoms with Gasteiger partial charge in [0.15, 0.2) is 0 Å². The number of nitrogens with one attached hydrogen (secondary N) is 1. The second-order valence-corrected chi connectivity index (χ2v) is 14.3. The molecule has 0 saturated carbocycles. The molecule has 0 fully saturated rings. The highest BCUT2D eigenvalue weighted by Crippen LogP contribution is 2.30. The van der Waals surface area contributed by atoms with E-state index < -0.39 is 28.5 Å². The van der Waals surface area contributed by atoms with E-state index in [9.17, 15) is 18.0 Å². The Hall–Kier alpha value is -4.34. The second-order valence-electron chi connectivity index (χ2n) is 12.0. The number of amides is 2. The number of hydrogen-bond donors (Lipinski definition) is 1. The van der Waals surface area contributed by atoms with Gasteiger partial charge >= 0.3 is 0 Å². The number of ether oxygens (including phenoxy) is 1. The Balaban J connectivity index is 1.83. The maximum Gasteiger partial charge on any atom is 0.264 e. The van der Waals surface area contributed by atoms with E-state index in [-0.39, 0.29) is 29.7 Å². The zero-order valence-electron chi connectivity index (χ0n) is 27.4. The monoisotopic (exact) mass is 675 g/mol. The lowest BCUT2D eigenvalue weighted by molar-refractivity contribution is -0.140. The van der Waals surface area contributed by atoms with Crippen LogP contribution in [0, 0.1) is 19.8 Å². The Labute approximate surface area is 283 Å². The lowest BCUT2D eigenvalue weighted by Crippen LogP contribution is -2.53. The maximum atomic E-state index is 14.7. The number of hydrogen-bond acceptors (Lipinski definition) is 5. The van der Waals surface area contributed by atoms with Gasteiger partial charge in [0.25, 0.3) is 10.0 Å². The van der Waals surface area contributed by atoms with Gasteiger partial charge in [0.1, 0.15) is 18.3 Å². The van der Waals surface area contributed by atoms with Crippen LogP contribution in [0.25, 0.3) is 0 Å². The zero-order chi connectivity index (χ0) is 34.1. The summed E-state index contributed by atoms with van der Waals surface area (Å²) in [6.45, 7) is 7.51. The fraction of sp³-hybridized carbons (Fsp3) is 0.297. The van der Waals surface area contributed by atoms with E-state index in [4.69, 9.17) is 16.3 Å². The highest BCUT2D eigenvalue weighted by molar-refractivity contribution is 7.92. The number of halogens is 1. The van der Waals surface area contributed by atoms with E-state index in [2.05, 4.69) is 5.32 Å². The van der Waals surface area contributed by atoms with Gasteiger partial charge in [-0.1, -0.05) is 85.6 Å². The van der Waals surface area contributed by atoms with Crippen LogP contribution in [0.15, 0.2) is 102 Å². The van der Waals surface area contributed by atoms with E-state index in [1.54, 1.807) is 56.5 Å². The average molecular weight is 676 g/mol. The predicted octanol–water partition coefficient (Wildman–Crippen LogP) is 6.57. The van der Waals surface area contributed by atoms with Crippen molar-refractivity contribution in [3.05, 3.63) is 124 Å². The molecule has 0 aliphatic rings. The van der Waals surface area contributed by atoms with Gasteiger partial charge in [0.05, 0.1) is 17.7 Å². The Morgan fingerprint density at radius 1 is 0.872 bits per heavy atom. The Morgan fingerprint density at radius 2 is 1.55 bits per heavy atom. The van der Waals surface area contributed by atoms with E-state index in [1.165, 1.54) is 17.0 Å². The molecule has 0 radical (unpaired) electrons. The van der Waals surface area contributed by atoms with Gasteiger partial charge in [-0.05, 0) is 78.9 Å². The smallest absolute Gasteiger partial charge is 0.264 e. The highest BCUT2D eigenvalue weighted by Gasteiger charge is 2.35. The summed E-state index contributed by atoms with van der Waals surface area (Å²) in [7, 11) is -2.67. The molecular formula is C37H42ClN3O5S. The molecule has 4 rings (SSSR count). The van der Waals surface area contributed by atoms with Gasteiger partial charge in [0, 0.05) is 24.5 Å². The summed E-state index contributed by atoms with van der Waals surface area (Å²) in [5.41, 5.74) is 3.38. The zero-order valence-corrected chi connectivity index (χ0v) is 29.0. The van der Waals surface area contributed by atoms with E-state index in [1.807, 2.05) is 63.2 Å². The Bertz CT molecular complexity index is 1780. The number of anilines is 1. The normalized spacial score (nSPS) is 12.0. The van der Waals surface area contributed by atoms with Crippen molar-refractivity contribution in [1.29, 1.82) is 0 Å². The molecule has 1 atom stereocenters. The van der Waals surface area contributed by atoms with Gasteiger partial charge in [-0.2, -0.15) is 0 Å². The molecule has 1 N–H and O–H groups in total. The molecule has 10 heteroatoms. The molecule has 0 aliphatic heterocycles. The summed E-state index contributed by atoms with van der Waals surface area (Å²) in [4.78, 5) is 30.1. The summed E-state index contributed by atoms with van der Waals surface area (Å²) in [6.07, 6.45) is 0.227. The lowest BCUT2D eigenvalue weighted by Gasteiger charge is -2.34. The van der Waals surface area contributed by atoms with E-state index >= 15 is 0 Å². The topological polar surface area (TPSA) is 96.0 Å². The van der Waals surface area contributed by atoms with Crippen molar-refractivity contribution < 1.29 is 22.7 Å². The van der Waals surface area contributed by atoms with Crippen molar-refractivity contribution in [3.8, 4) is 5.75 Å². The molecule has 0 heterocycles. The van der Waals surface area contributed by atoms with E-state index in [0.717, 1.165) is 21.0 Å². The molecule has 248 valence electrons. The Morgan fingerprint density at radius 3 is 2.19 bits per heavy atom. The molecule has 2 amide bonds. The first kappa shape index (κ1) is 35.5.